The summed E-state index contributed by atoms with van der Waals surface area (Å²) < 4.78 is 10.4. The van der Waals surface area contributed by atoms with Gasteiger partial charge in [-0.3, -0.25) is 0 Å². The van der Waals surface area contributed by atoms with Gasteiger partial charge < -0.3 is 14.6 Å². The fraction of sp³-hybridized carbons (Fsp3) is 0.417. The van der Waals surface area contributed by atoms with Crippen LogP contribution >= 0.6 is 11.6 Å². The van der Waals surface area contributed by atoms with Crippen LogP contribution in [0, 0.1) is 5.92 Å². The van der Waals surface area contributed by atoms with Crippen molar-refractivity contribution in [3.05, 3.63) is 23.2 Å². The van der Waals surface area contributed by atoms with Gasteiger partial charge in [0.15, 0.2) is 6.10 Å². The van der Waals surface area contributed by atoms with Gasteiger partial charge in [-0.1, -0.05) is 25.4 Å². The number of hydrogen-bond acceptors (Lipinski definition) is 3. The van der Waals surface area contributed by atoms with Crippen LogP contribution in [0.3, 0.4) is 0 Å². The molecule has 1 N–H and O–H groups in total. The molecule has 0 aliphatic carbocycles. The predicted octanol–water partition coefficient (Wildman–Crippen LogP) is 2.84. The number of rotatable bonds is 5. The van der Waals surface area contributed by atoms with Crippen molar-refractivity contribution < 1.29 is 19.4 Å². The molecule has 1 aromatic rings. The Kier molecular flexibility index (Phi) is 4.63. The second kappa shape index (κ2) is 5.77. The van der Waals surface area contributed by atoms with Crippen molar-refractivity contribution in [2.45, 2.75) is 20.0 Å². The number of aliphatic carboxylic acids is 1. The number of halogens is 1. The maximum Gasteiger partial charge on any atom is 0.345 e. The van der Waals surface area contributed by atoms with E-state index in [1.165, 1.54) is 7.11 Å². The van der Waals surface area contributed by atoms with Gasteiger partial charge in [-0.2, -0.15) is 0 Å². The van der Waals surface area contributed by atoms with Crippen LogP contribution in [0.4, 0.5) is 0 Å². The lowest BCUT2D eigenvalue weighted by Crippen LogP contribution is -2.32. The van der Waals surface area contributed by atoms with E-state index in [4.69, 9.17) is 26.2 Å². The van der Waals surface area contributed by atoms with E-state index in [0.29, 0.717) is 16.5 Å². The molecule has 1 unspecified atom stereocenters. The largest absolute Gasteiger partial charge is 0.497 e. The summed E-state index contributed by atoms with van der Waals surface area (Å²) in [6.07, 6.45) is -0.931. The SMILES string of the molecule is COc1ccc(Cl)c(OC(C(=O)O)C(C)C)c1. The number of hydrogen-bond donors (Lipinski definition) is 1. The molecule has 1 rings (SSSR count). The van der Waals surface area contributed by atoms with Gasteiger partial charge in [0.25, 0.3) is 0 Å². The van der Waals surface area contributed by atoms with Gasteiger partial charge in [0.05, 0.1) is 12.1 Å². The van der Waals surface area contributed by atoms with Crippen molar-refractivity contribution in [1.29, 1.82) is 0 Å². The first-order chi connectivity index (χ1) is 7.95. The van der Waals surface area contributed by atoms with Crippen LogP contribution in [0.25, 0.3) is 0 Å². The number of methoxy groups -OCH3 is 1. The minimum atomic E-state index is -1.01. The summed E-state index contributed by atoms with van der Waals surface area (Å²) in [5, 5.41) is 9.38. The molecule has 94 valence electrons. The standard InChI is InChI=1S/C12H15ClO4/c1-7(2)11(12(14)15)17-10-6-8(16-3)4-5-9(10)13/h4-7,11H,1-3H3,(H,14,15). The molecule has 17 heavy (non-hydrogen) atoms. The molecule has 0 heterocycles. The van der Waals surface area contributed by atoms with Gasteiger partial charge in [-0.25, -0.2) is 4.79 Å². The summed E-state index contributed by atoms with van der Waals surface area (Å²) in [7, 11) is 1.52. The normalized spacial score (nSPS) is 12.3. The molecule has 4 nitrogen and oxygen atoms in total. The molecule has 0 radical (unpaired) electrons. The zero-order valence-corrected chi connectivity index (χ0v) is 10.7. The van der Waals surface area contributed by atoms with E-state index in [2.05, 4.69) is 0 Å². The molecule has 0 saturated carbocycles. The van der Waals surface area contributed by atoms with E-state index in [1.807, 2.05) is 0 Å². The molecular formula is C12H15ClO4. The van der Waals surface area contributed by atoms with Crippen molar-refractivity contribution in [1.82, 2.24) is 0 Å². The lowest BCUT2D eigenvalue weighted by atomic mass is 10.1. The van der Waals surface area contributed by atoms with E-state index < -0.39 is 12.1 Å². The number of carboxylic acids is 1. The first-order valence-corrected chi connectivity index (χ1v) is 5.56. The number of carboxylic acid groups (broad SMARTS) is 1. The molecule has 0 saturated heterocycles. The molecule has 0 aliphatic rings. The second-order valence-corrected chi connectivity index (χ2v) is 4.32. The summed E-state index contributed by atoms with van der Waals surface area (Å²) in [5.74, 6) is -0.293. The van der Waals surface area contributed by atoms with Crippen LogP contribution in [0.5, 0.6) is 11.5 Å². The fourth-order valence-electron chi connectivity index (χ4n) is 1.31. The first-order valence-electron chi connectivity index (χ1n) is 5.18. The zero-order chi connectivity index (χ0) is 13.0. The maximum absolute atomic E-state index is 11.0. The molecule has 0 aliphatic heterocycles. The monoisotopic (exact) mass is 258 g/mol. The third-order valence-electron chi connectivity index (χ3n) is 2.24. The average molecular weight is 259 g/mol. The Morgan fingerprint density at radius 2 is 2.06 bits per heavy atom. The molecule has 0 aromatic heterocycles. The van der Waals surface area contributed by atoms with Crippen molar-refractivity contribution in [2.24, 2.45) is 5.92 Å². The van der Waals surface area contributed by atoms with Crippen LogP contribution in [0.1, 0.15) is 13.8 Å². The quantitative estimate of drug-likeness (QED) is 0.882. The van der Waals surface area contributed by atoms with Crippen LogP contribution < -0.4 is 9.47 Å². The molecule has 5 heteroatoms. The van der Waals surface area contributed by atoms with Gasteiger partial charge in [0.2, 0.25) is 0 Å². The molecule has 1 atom stereocenters. The van der Waals surface area contributed by atoms with Crippen molar-refractivity contribution >= 4 is 17.6 Å². The van der Waals surface area contributed by atoms with Gasteiger partial charge in [-0.05, 0) is 12.1 Å². The fourth-order valence-corrected chi connectivity index (χ4v) is 1.47. The third-order valence-corrected chi connectivity index (χ3v) is 2.55. The summed E-state index contributed by atoms with van der Waals surface area (Å²) in [5.41, 5.74) is 0. The van der Waals surface area contributed by atoms with Gasteiger partial charge in [0, 0.05) is 12.0 Å². The van der Waals surface area contributed by atoms with Gasteiger partial charge in [-0.15, -0.1) is 0 Å². The Morgan fingerprint density at radius 3 is 2.53 bits per heavy atom. The summed E-state index contributed by atoms with van der Waals surface area (Å²) in [6, 6.07) is 4.86. The van der Waals surface area contributed by atoms with Gasteiger partial charge in [0.1, 0.15) is 11.5 Å². The van der Waals surface area contributed by atoms with Crippen molar-refractivity contribution in [3.63, 3.8) is 0 Å². The molecule has 0 amide bonds. The highest BCUT2D eigenvalue weighted by Crippen LogP contribution is 2.30. The zero-order valence-electron chi connectivity index (χ0n) is 9.94. The summed E-state index contributed by atoms with van der Waals surface area (Å²) in [4.78, 5) is 11.0. The highest BCUT2D eigenvalue weighted by Gasteiger charge is 2.24. The Hall–Kier alpha value is -1.42. The second-order valence-electron chi connectivity index (χ2n) is 3.92. The molecule has 0 bridgehead atoms. The summed E-state index contributed by atoms with van der Waals surface area (Å²) in [6.45, 7) is 3.54. The van der Waals surface area contributed by atoms with E-state index in [1.54, 1.807) is 32.0 Å². The number of ether oxygens (including phenoxy) is 2. The smallest absolute Gasteiger partial charge is 0.345 e. The molecule has 0 spiro atoms. The van der Waals surface area contributed by atoms with Crippen LogP contribution in [-0.2, 0) is 4.79 Å². The van der Waals surface area contributed by atoms with Gasteiger partial charge >= 0.3 is 5.97 Å². The number of carbonyl (C=O) groups is 1. The van der Waals surface area contributed by atoms with Crippen molar-refractivity contribution in [2.75, 3.05) is 7.11 Å². The minimum absolute atomic E-state index is 0.158. The Morgan fingerprint density at radius 1 is 1.41 bits per heavy atom. The van der Waals surface area contributed by atoms with E-state index in [-0.39, 0.29) is 5.92 Å². The highest BCUT2D eigenvalue weighted by atomic mass is 35.5. The third kappa shape index (κ3) is 3.53. The topological polar surface area (TPSA) is 55.8 Å². The predicted molar refractivity (Wildman–Crippen MR) is 64.9 cm³/mol. The van der Waals surface area contributed by atoms with Crippen molar-refractivity contribution in [3.8, 4) is 11.5 Å². The Bertz CT molecular complexity index is 403. The maximum atomic E-state index is 11.0. The Balaban J connectivity index is 2.96. The number of benzene rings is 1. The van der Waals surface area contributed by atoms with E-state index in [0.717, 1.165) is 0 Å². The van der Waals surface area contributed by atoms with E-state index >= 15 is 0 Å². The van der Waals surface area contributed by atoms with Crippen LogP contribution in [-0.4, -0.2) is 24.3 Å². The van der Waals surface area contributed by atoms with Crippen LogP contribution in [0.2, 0.25) is 5.02 Å². The minimum Gasteiger partial charge on any atom is -0.497 e. The van der Waals surface area contributed by atoms with E-state index in [9.17, 15) is 4.79 Å². The highest BCUT2D eigenvalue weighted by molar-refractivity contribution is 6.32. The Labute approximate surface area is 105 Å². The molecule has 0 fully saturated rings. The lowest BCUT2D eigenvalue weighted by molar-refractivity contribution is -0.147. The molecule has 1 aromatic carbocycles. The average Bonchev–Trinajstić information content (AvgIpc) is 2.27. The lowest BCUT2D eigenvalue weighted by Gasteiger charge is -2.19. The summed E-state index contributed by atoms with van der Waals surface area (Å²) >= 11 is 5.93. The van der Waals surface area contributed by atoms with Crippen LogP contribution in [0.15, 0.2) is 18.2 Å². The molecular weight excluding hydrogens is 244 g/mol. The first kappa shape index (κ1) is 13.6.